The normalized spacial score (nSPS) is 14.0. The molecular formula is C23H28N4O3S. The first kappa shape index (κ1) is 21.4. The molecule has 0 atom stereocenters. The maximum absolute atomic E-state index is 12.8. The molecule has 7 nitrogen and oxygen atoms in total. The highest BCUT2D eigenvalue weighted by Crippen LogP contribution is 2.34. The predicted octanol–water partition coefficient (Wildman–Crippen LogP) is 4.34. The van der Waals surface area contributed by atoms with Crippen molar-refractivity contribution in [1.82, 2.24) is 15.3 Å². The number of carbonyl (C=O) groups excluding carboxylic acids is 1. The van der Waals surface area contributed by atoms with Crippen LogP contribution in [0.5, 0.6) is 11.5 Å². The van der Waals surface area contributed by atoms with Gasteiger partial charge in [0, 0.05) is 12.6 Å². The lowest BCUT2D eigenvalue weighted by Crippen LogP contribution is -2.32. The van der Waals surface area contributed by atoms with Crippen molar-refractivity contribution in [3.63, 3.8) is 0 Å². The molecular weight excluding hydrogens is 412 g/mol. The van der Waals surface area contributed by atoms with E-state index in [1.54, 1.807) is 20.5 Å². The van der Waals surface area contributed by atoms with Crippen molar-refractivity contribution in [2.24, 2.45) is 0 Å². The Hall–Kier alpha value is -2.87. The molecule has 4 rings (SSSR count). The van der Waals surface area contributed by atoms with E-state index in [9.17, 15) is 4.79 Å². The van der Waals surface area contributed by atoms with E-state index in [4.69, 9.17) is 9.47 Å². The minimum absolute atomic E-state index is 0.00341. The van der Waals surface area contributed by atoms with Gasteiger partial charge in [0.1, 0.15) is 17.0 Å². The second-order valence-corrected chi connectivity index (χ2v) is 8.78. The number of nitrogens with one attached hydrogen (secondary N) is 2. The Kier molecular flexibility index (Phi) is 6.56. The third kappa shape index (κ3) is 4.58. The molecule has 0 aliphatic heterocycles. The van der Waals surface area contributed by atoms with Gasteiger partial charge in [0.05, 0.1) is 24.5 Å². The molecule has 0 saturated heterocycles. The molecule has 1 aromatic carbocycles. The number of benzene rings is 1. The van der Waals surface area contributed by atoms with Crippen molar-refractivity contribution < 1.29 is 14.3 Å². The molecule has 1 saturated carbocycles. The fourth-order valence-corrected chi connectivity index (χ4v) is 5.16. The van der Waals surface area contributed by atoms with Crippen molar-refractivity contribution >= 4 is 33.3 Å². The number of fused-ring (bicyclic) bond motifs is 1. The van der Waals surface area contributed by atoms with Crippen LogP contribution in [0.3, 0.4) is 0 Å². The highest BCUT2D eigenvalue weighted by molar-refractivity contribution is 7.20. The number of carbonyl (C=O) groups is 1. The van der Waals surface area contributed by atoms with Crippen LogP contribution in [0.15, 0.2) is 24.5 Å². The zero-order valence-corrected chi connectivity index (χ0v) is 19.0. The average Bonchev–Trinajstić information content (AvgIpc) is 3.41. The van der Waals surface area contributed by atoms with Crippen LogP contribution in [0.2, 0.25) is 0 Å². The third-order valence-electron chi connectivity index (χ3n) is 5.78. The van der Waals surface area contributed by atoms with E-state index in [0.717, 1.165) is 57.1 Å². The van der Waals surface area contributed by atoms with E-state index in [2.05, 4.69) is 20.6 Å². The number of thiophene rings is 1. The third-order valence-corrected chi connectivity index (χ3v) is 6.98. The molecule has 1 aliphatic rings. The molecule has 0 radical (unpaired) electrons. The van der Waals surface area contributed by atoms with E-state index in [0.29, 0.717) is 18.3 Å². The number of methoxy groups -OCH3 is 2. The lowest BCUT2D eigenvalue weighted by atomic mass is 10.1. The molecule has 1 amide bonds. The summed E-state index contributed by atoms with van der Waals surface area (Å²) in [5.74, 6) is 2.20. The van der Waals surface area contributed by atoms with Crippen LogP contribution in [0, 0.1) is 6.92 Å². The average molecular weight is 441 g/mol. The number of rotatable bonds is 8. The Balaban J connectivity index is 1.48. The minimum Gasteiger partial charge on any atom is -0.493 e. The fourth-order valence-electron chi connectivity index (χ4n) is 4.10. The highest BCUT2D eigenvalue weighted by Gasteiger charge is 2.23. The molecule has 8 heteroatoms. The van der Waals surface area contributed by atoms with Crippen LogP contribution in [-0.2, 0) is 6.42 Å². The van der Waals surface area contributed by atoms with E-state index in [-0.39, 0.29) is 5.91 Å². The van der Waals surface area contributed by atoms with Crippen molar-refractivity contribution in [2.45, 2.75) is 45.1 Å². The fraction of sp³-hybridized carbons (Fsp3) is 0.435. The SMILES string of the molecule is COc1ccc(CCNc2ncnc3sc(C(=O)NC4CCCC4)c(C)c23)cc1OC. The van der Waals surface area contributed by atoms with Gasteiger partial charge in [-0.15, -0.1) is 11.3 Å². The quantitative estimate of drug-likeness (QED) is 0.542. The van der Waals surface area contributed by atoms with Gasteiger partial charge in [-0.25, -0.2) is 9.97 Å². The van der Waals surface area contributed by atoms with E-state index in [1.807, 2.05) is 25.1 Å². The largest absolute Gasteiger partial charge is 0.493 e. The summed E-state index contributed by atoms with van der Waals surface area (Å²) in [4.78, 5) is 23.2. The van der Waals surface area contributed by atoms with Gasteiger partial charge in [-0.2, -0.15) is 0 Å². The number of anilines is 1. The molecule has 164 valence electrons. The second-order valence-electron chi connectivity index (χ2n) is 7.78. The zero-order chi connectivity index (χ0) is 21.8. The molecule has 1 fully saturated rings. The predicted molar refractivity (Wildman–Crippen MR) is 124 cm³/mol. The van der Waals surface area contributed by atoms with Crippen molar-refractivity contribution in [3.8, 4) is 11.5 Å². The van der Waals surface area contributed by atoms with Gasteiger partial charge in [0.25, 0.3) is 5.91 Å². The number of hydrogen-bond donors (Lipinski definition) is 2. The number of amides is 1. The Morgan fingerprint density at radius 2 is 1.94 bits per heavy atom. The molecule has 0 unspecified atom stereocenters. The smallest absolute Gasteiger partial charge is 0.261 e. The van der Waals surface area contributed by atoms with Crippen molar-refractivity contribution in [1.29, 1.82) is 0 Å². The molecule has 3 aromatic rings. The van der Waals surface area contributed by atoms with E-state index in [1.165, 1.54) is 24.2 Å². The molecule has 31 heavy (non-hydrogen) atoms. The van der Waals surface area contributed by atoms with Crippen LogP contribution in [-0.4, -0.2) is 42.7 Å². The van der Waals surface area contributed by atoms with Gasteiger partial charge in [-0.1, -0.05) is 18.9 Å². The Labute approximate surface area is 186 Å². The monoisotopic (exact) mass is 440 g/mol. The molecule has 2 N–H and O–H groups in total. The Morgan fingerprint density at radius 1 is 1.16 bits per heavy atom. The number of aromatic nitrogens is 2. The number of hydrogen-bond acceptors (Lipinski definition) is 7. The molecule has 0 spiro atoms. The lowest BCUT2D eigenvalue weighted by Gasteiger charge is -2.11. The maximum Gasteiger partial charge on any atom is 0.261 e. The van der Waals surface area contributed by atoms with Gasteiger partial charge in [-0.3, -0.25) is 4.79 Å². The van der Waals surface area contributed by atoms with Crippen LogP contribution >= 0.6 is 11.3 Å². The first-order valence-corrected chi connectivity index (χ1v) is 11.4. The van der Waals surface area contributed by atoms with E-state index >= 15 is 0 Å². The van der Waals surface area contributed by atoms with Crippen LogP contribution in [0.1, 0.15) is 46.5 Å². The number of ether oxygens (including phenoxy) is 2. The summed E-state index contributed by atoms with van der Waals surface area (Å²) >= 11 is 1.43. The summed E-state index contributed by atoms with van der Waals surface area (Å²) in [6.45, 7) is 2.67. The van der Waals surface area contributed by atoms with Crippen molar-refractivity contribution in [3.05, 3.63) is 40.5 Å². The van der Waals surface area contributed by atoms with Gasteiger partial charge < -0.3 is 20.1 Å². The van der Waals surface area contributed by atoms with Crippen LogP contribution in [0.25, 0.3) is 10.2 Å². The summed E-state index contributed by atoms with van der Waals surface area (Å²) in [5.41, 5.74) is 2.07. The molecule has 1 aliphatic carbocycles. The van der Waals surface area contributed by atoms with Crippen molar-refractivity contribution in [2.75, 3.05) is 26.1 Å². The Bertz CT molecular complexity index is 1080. The second kappa shape index (κ2) is 9.51. The molecule has 2 aromatic heterocycles. The first-order chi connectivity index (χ1) is 15.1. The molecule has 2 heterocycles. The zero-order valence-electron chi connectivity index (χ0n) is 18.2. The minimum atomic E-state index is 0.00341. The van der Waals surface area contributed by atoms with Crippen LogP contribution in [0.4, 0.5) is 5.82 Å². The number of aryl methyl sites for hydroxylation is 1. The summed E-state index contributed by atoms with van der Waals surface area (Å²) in [6.07, 6.45) is 6.86. The van der Waals surface area contributed by atoms with E-state index < -0.39 is 0 Å². The first-order valence-electron chi connectivity index (χ1n) is 10.6. The summed E-state index contributed by atoms with van der Waals surface area (Å²) < 4.78 is 10.7. The standard InChI is InChI=1S/C23H28N4O3S/c1-14-19-21(24-11-10-15-8-9-17(29-2)18(12-15)30-3)25-13-26-23(19)31-20(14)22(28)27-16-6-4-5-7-16/h8-9,12-13,16H,4-7,10-11H2,1-3H3,(H,27,28)(H,24,25,26). The van der Waals surface area contributed by atoms with Gasteiger partial charge in [0.2, 0.25) is 0 Å². The molecule has 0 bridgehead atoms. The van der Waals surface area contributed by atoms with Gasteiger partial charge in [-0.05, 0) is 49.4 Å². The lowest BCUT2D eigenvalue weighted by molar-refractivity contribution is 0.0941. The summed E-state index contributed by atoms with van der Waals surface area (Å²) in [6, 6.07) is 6.22. The topological polar surface area (TPSA) is 85.4 Å². The summed E-state index contributed by atoms with van der Waals surface area (Å²) in [5, 5.41) is 7.53. The van der Waals surface area contributed by atoms with Crippen LogP contribution < -0.4 is 20.1 Å². The maximum atomic E-state index is 12.8. The number of nitrogens with zero attached hydrogens (tertiary/aromatic N) is 2. The highest BCUT2D eigenvalue weighted by atomic mass is 32.1. The summed E-state index contributed by atoms with van der Waals surface area (Å²) in [7, 11) is 3.27. The van der Waals surface area contributed by atoms with Gasteiger partial charge >= 0.3 is 0 Å². The van der Waals surface area contributed by atoms with Gasteiger partial charge in [0.15, 0.2) is 11.5 Å². The Morgan fingerprint density at radius 3 is 2.68 bits per heavy atom.